The molecule has 1 heterocycles. The van der Waals surface area contributed by atoms with E-state index in [1.807, 2.05) is 19.2 Å². The van der Waals surface area contributed by atoms with Crippen LogP contribution in [0, 0.1) is 5.82 Å². The van der Waals surface area contributed by atoms with Crippen molar-refractivity contribution in [3.8, 4) is 5.69 Å². The summed E-state index contributed by atoms with van der Waals surface area (Å²) in [6, 6.07) is 6.77. The fraction of sp³-hybridized carbons (Fsp3) is 0.250. The van der Waals surface area contributed by atoms with E-state index in [9.17, 15) is 4.39 Å². The number of aromatic nitrogens is 2. The molecule has 0 radical (unpaired) electrons. The van der Waals surface area contributed by atoms with Gasteiger partial charge in [0.2, 0.25) is 0 Å². The highest BCUT2D eigenvalue weighted by Gasteiger charge is 2.04. The third-order valence-electron chi connectivity index (χ3n) is 2.37. The van der Waals surface area contributed by atoms with Gasteiger partial charge in [0.05, 0.1) is 15.9 Å². The summed E-state index contributed by atoms with van der Waals surface area (Å²) in [7, 11) is 0. The molecule has 17 heavy (non-hydrogen) atoms. The molecule has 1 aromatic carbocycles. The standard InChI is InChI=1S/C12H13BrFN3/c1-2-15-8-9-5-6-17(16-9)10-3-4-12(14)11(13)7-10/h3-7,15H,2,8H2,1H3. The van der Waals surface area contributed by atoms with E-state index >= 15 is 0 Å². The molecule has 5 heteroatoms. The second kappa shape index (κ2) is 5.42. The van der Waals surface area contributed by atoms with Gasteiger partial charge in [-0.3, -0.25) is 0 Å². The van der Waals surface area contributed by atoms with Crippen LogP contribution in [0.5, 0.6) is 0 Å². The summed E-state index contributed by atoms with van der Waals surface area (Å²) < 4.78 is 15.3. The van der Waals surface area contributed by atoms with Crippen LogP contribution in [0.1, 0.15) is 12.6 Å². The smallest absolute Gasteiger partial charge is 0.137 e. The average molecular weight is 298 g/mol. The molecule has 0 aliphatic heterocycles. The number of nitrogens with one attached hydrogen (secondary N) is 1. The highest BCUT2D eigenvalue weighted by atomic mass is 79.9. The normalized spacial score (nSPS) is 10.8. The summed E-state index contributed by atoms with van der Waals surface area (Å²) >= 11 is 3.16. The molecule has 0 unspecified atom stereocenters. The molecule has 1 aromatic heterocycles. The first-order valence-corrected chi connectivity index (χ1v) is 6.20. The van der Waals surface area contributed by atoms with Crippen molar-refractivity contribution in [3.05, 3.63) is 46.4 Å². The molecule has 0 aliphatic carbocycles. The van der Waals surface area contributed by atoms with Gasteiger partial charge in [-0.05, 0) is 46.7 Å². The zero-order chi connectivity index (χ0) is 12.3. The second-order valence-electron chi connectivity index (χ2n) is 3.63. The molecular formula is C12H13BrFN3. The van der Waals surface area contributed by atoms with E-state index in [1.54, 1.807) is 16.8 Å². The van der Waals surface area contributed by atoms with Gasteiger partial charge in [0.1, 0.15) is 5.82 Å². The van der Waals surface area contributed by atoms with Crippen molar-refractivity contribution in [3.63, 3.8) is 0 Å². The summed E-state index contributed by atoms with van der Waals surface area (Å²) in [5, 5.41) is 7.60. The number of rotatable bonds is 4. The van der Waals surface area contributed by atoms with Crippen LogP contribution < -0.4 is 5.32 Å². The Morgan fingerprint density at radius 3 is 2.94 bits per heavy atom. The van der Waals surface area contributed by atoms with Crippen molar-refractivity contribution >= 4 is 15.9 Å². The highest BCUT2D eigenvalue weighted by Crippen LogP contribution is 2.19. The van der Waals surface area contributed by atoms with E-state index in [2.05, 4.69) is 26.3 Å². The molecule has 1 N–H and O–H groups in total. The topological polar surface area (TPSA) is 29.9 Å². The van der Waals surface area contributed by atoms with Crippen molar-refractivity contribution < 1.29 is 4.39 Å². The van der Waals surface area contributed by atoms with Gasteiger partial charge in [-0.15, -0.1) is 0 Å². The van der Waals surface area contributed by atoms with Crippen molar-refractivity contribution in [1.29, 1.82) is 0 Å². The van der Waals surface area contributed by atoms with Crippen LogP contribution in [0.3, 0.4) is 0 Å². The zero-order valence-corrected chi connectivity index (χ0v) is 11.0. The molecule has 0 amide bonds. The van der Waals surface area contributed by atoms with Gasteiger partial charge in [-0.1, -0.05) is 6.92 Å². The lowest BCUT2D eigenvalue weighted by atomic mass is 10.3. The molecule has 2 rings (SSSR count). The van der Waals surface area contributed by atoms with E-state index in [1.165, 1.54) is 6.07 Å². The number of hydrogen-bond acceptors (Lipinski definition) is 2. The maximum absolute atomic E-state index is 13.1. The molecular weight excluding hydrogens is 285 g/mol. The van der Waals surface area contributed by atoms with Crippen LogP contribution in [0.2, 0.25) is 0 Å². The van der Waals surface area contributed by atoms with Crippen LogP contribution in [-0.2, 0) is 6.54 Å². The van der Waals surface area contributed by atoms with Gasteiger partial charge in [-0.2, -0.15) is 5.10 Å². The Morgan fingerprint density at radius 1 is 1.41 bits per heavy atom. The van der Waals surface area contributed by atoms with Crippen molar-refractivity contribution in [2.24, 2.45) is 0 Å². The van der Waals surface area contributed by atoms with Crippen LogP contribution in [-0.4, -0.2) is 16.3 Å². The highest BCUT2D eigenvalue weighted by molar-refractivity contribution is 9.10. The monoisotopic (exact) mass is 297 g/mol. The molecule has 0 saturated carbocycles. The van der Waals surface area contributed by atoms with Crippen LogP contribution >= 0.6 is 15.9 Å². The Labute approximate surface area is 108 Å². The number of nitrogens with zero attached hydrogens (tertiary/aromatic N) is 2. The van der Waals surface area contributed by atoms with Gasteiger partial charge in [0, 0.05) is 12.7 Å². The molecule has 0 spiro atoms. The first kappa shape index (κ1) is 12.3. The second-order valence-corrected chi connectivity index (χ2v) is 4.48. The minimum Gasteiger partial charge on any atom is -0.311 e. The minimum atomic E-state index is -0.270. The predicted molar refractivity (Wildman–Crippen MR) is 68.6 cm³/mol. The fourth-order valence-corrected chi connectivity index (χ4v) is 1.85. The zero-order valence-electron chi connectivity index (χ0n) is 9.45. The summed E-state index contributed by atoms with van der Waals surface area (Å²) in [6.45, 7) is 3.70. The molecule has 3 nitrogen and oxygen atoms in total. The Balaban J connectivity index is 2.21. The van der Waals surface area contributed by atoms with Crippen molar-refractivity contribution in [2.45, 2.75) is 13.5 Å². The third kappa shape index (κ3) is 2.92. The van der Waals surface area contributed by atoms with Crippen molar-refractivity contribution in [2.75, 3.05) is 6.54 Å². The van der Waals surface area contributed by atoms with Gasteiger partial charge >= 0.3 is 0 Å². The van der Waals surface area contributed by atoms with Gasteiger partial charge in [-0.25, -0.2) is 9.07 Å². The average Bonchev–Trinajstić information content (AvgIpc) is 2.79. The number of halogens is 2. The summed E-state index contributed by atoms with van der Waals surface area (Å²) in [6.07, 6.45) is 1.87. The predicted octanol–water partition coefficient (Wildman–Crippen LogP) is 2.88. The van der Waals surface area contributed by atoms with E-state index in [0.29, 0.717) is 4.47 Å². The molecule has 0 fully saturated rings. The summed E-state index contributed by atoms with van der Waals surface area (Å²) in [5.41, 5.74) is 1.80. The molecule has 0 atom stereocenters. The SMILES string of the molecule is CCNCc1ccn(-c2ccc(F)c(Br)c2)n1. The van der Waals surface area contributed by atoms with Crippen LogP contribution in [0.25, 0.3) is 5.69 Å². The van der Waals surface area contributed by atoms with Gasteiger partial charge < -0.3 is 5.32 Å². The Kier molecular flexibility index (Phi) is 3.91. The quantitative estimate of drug-likeness (QED) is 0.940. The van der Waals surface area contributed by atoms with Crippen LogP contribution in [0.4, 0.5) is 4.39 Å². The van der Waals surface area contributed by atoms with E-state index in [0.717, 1.165) is 24.5 Å². The number of benzene rings is 1. The maximum Gasteiger partial charge on any atom is 0.137 e. The molecule has 0 aliphatic rings. The molecule has 2 aromatic rings. The van der Waals surface area contributed by atoms with Gasteiger partial charge in [0.25, 0.3) is 0 Å². The minimum absolute atomic E-state index is 0.270. The lowest BCUT2D eigenvalue weighted by Crippen LogP contribution is -2.12. The number of hydrogen-bond donors (Lipinski definition) is 1. The largest absolute Gasteiger partial charge is 0.311 e. The summed E-state index contributed by atoms with van der Waals surface area (Å²) in [5.74, 6) is -0.270. The van der Waals surface area contributed by atoms with Gasteiger partial charge in [0.15, 0.2) is 0 Å². The van der Waals surface area contributed by atoms with E-state index in [-0.39, 0.29) is 5.82 Å². The molecule has 0 saturated heterocycles. The Hall–Kier alpha value is -1.20. The third-order valence-corrected chi connectivity index (χ3v) is 2.98. The lowest BCUT2D eigenvalue weighted by Gasteiger charge is -2.02. The Morgan fingerprint density at radius 2 is 2.24 bits per heavy atom. The summed E-state index contributed by atoms with van der Waals surface area (Å²) in [4.78, 5) is 0. The molecule has 0 bridgehead atoms. The first-order chi connectivity index (χ1) is 8.20. The van der Waals surface area contributed by atoms with Crippen LogP contribution in [0.15, 0.2) is 34.9 Å². The van der Waals surface area contributed by atoms with E-state index in [4.69, 9.17) is 0 Å². The molecule has 90 valence electrons. The first-order valence-electron chi connectivity index (χ1n) is 5.41. The van der Waals surface area contributed by atoms with E-state index < -0.39 is 0 Å². The lowest BCUT2D eigenvalue weighted by molar-refractivity contribution is 0.620. The Bertz CT molecular complexity index is 510. The maximum atomic E-state index is 13.1. The fourth-order valence-electron chi connectivity index (χ4n) is 1.48. The van der Waals surface area contributed by atoms with Crippen molar-refractivity contribution in [1.82, 2.24) is 15.1 Å².